The van der Waals surface area contributed by atoms with Crippen LogP contribution in [0.25, 0.3) is 0 Å². The summed E-state index contributed by atoms with van der Waals surface area (Å²) in [7, 11) is 0. The van der Waals surface area contributed by atoms with E-state index in [1.165, 1.54) is 32.4 Å². The molecular weight excluding hydrogens is 138 g/mol. The Labute approximate surface area is 69.5 Å². The summed E-state index contributed by atoms with van der Waals surface area (Å²) in [6, 6.07) is 0. The predicted octanol–water partition coefficient (Wildman–Crippen LogP) is 1.32. The molecule has 65 valence electrons. The number of likely N-dealkylation sites (tertiary alicyclic amines) is 1. The number of rotatable bonds is 4. The maximum Gasteiger partial charge on any atom is 0.0593 e. The highest BCUT2D eigenvalue weighted by atomic mass is 16.5. The van der Waals surface area contributed by atoms with Gasteiger partial charge >= 0.3 is 0 Å². The molecule has 0 saturated carbocycles. The Morgan fingerprint density at radius 2 is 1.91 bits per heavy atom. The van der Waals surface area contributed by atoms with Gasteiger partial charge in [-0.2, -0.15) is 0 Å². The molecule has 1 saturated heterocycles. The molecule has 1 radical (unpaired) electrons. The highest BCUT2D eigenvalue weighted by Gasteiger charge is 2.08. The van der Waals surface area contributed by atoms with E-state index in [9.17, 15) is 0 Å². The molecule has 0 aromatic carbocycles. The molecule has 0 unspecified atom stereocenters. The van der Waals surface area contributed by atoms with Gasteiger partial charge in [-0.1, -0.05) is 6.42 Å². The van der Waals surface area contributed by atoms with Crippen LogP contribution in [-0.4, -0.2) is 37.7 Å². The zero-order valence-corrected chi connectivity index (χ0v) is 7.22. The van der Waals surface area contributed by atoms with Crippen LogP contribution >= 0.6 is 0 Å². The first kappa shape index (κ1) is 9.01. The molecule has 2 heteroatoms. The summed E-state index contributed by atoms with van der Waals surface area (Å²) in [5, 5.41) is 0. The number of nitrogens with zero attached hydrogens (tertiary/aromatic N) is 1. The molecule has 0 atom stereocenters. The summed E-state index contributed by atoms with van der Waals surface area (Å²) in [4.78, 5) is 2.47. The molecule has 1 aliphatic heterocycles. The van der Waals surface area contributed by atoms with E-state index in [0.717, 1.165) is 13.2 Å². The van der Waals surface area contributed by atoms with Crippen LogP contribution in [0, 0.1) is 6.92 Å². The van der Waals surface area contributed by atoms with Crippen LogP contribution in [0.3, 0.4) is 0 Å². The lowest BCUT2D eigenvalue weighted by Gasteiger charge is -2.25. The largest absolute Gasteiger partial charge is 0.380 e. The minimum Gasteiger partial charge on any atom is -0.380 e. The standard InChI is InChI=1S/C9H18NO/c1-2-11-9-8-10-6-4-3-5-7-10/h1-9H2. The SMILES string of the molecule is [CH2]COCCN1CCCCC1. The van der Waals surface area contributed by atoms with Gasteiger partial charge in [-0.05, 0) is 32.9 Å². The molecule has 2 nitrogen and oxygen atoms in total. The van der Waals surface area contributed by atoms with Gasteiger partial charge in [0.2, 0.25) is 0 Å². The molecule has 0 N–H and O–H groups in total. The molecule has 1 rings (SSSR count). The van der Waals surface area contributed by atoms with Crippen molar-refractivity contribution in [1.82, 2.24) is 4.90 Å². The molecule has 0 spiro atoms. The number of hydrogen-bond acceptors (Lipinski definition) is 2. The number of hydrogen-bond donors (Lipinski definition) is 0. The first-order valence-corrected chi connectivity index (χ1v) is 4.53. The third-order valence-electron chi connectivity index (χ3n) is 2.14. The molecular formula is C9H18NO. The Hall–Kier alpha value is -0.0800. The van der Waals surface area contributed by atoms with Crippen molar-refractivity contribution in [1.29, 1.82) is 0 Å². The fraction of sp³-hybridized carbons (Fsp3) is 0.889. The van der Waals surface area contributed by atoms with Gasteiger partial charge in [-0.3, -0.25) is 0 Å². The summed E-state index contributed by atoms with van der Waals surface area (Å²) in [5.74, 6) is 0. The van der Waals surface area contributed by atoms with Crippen molar-refractivity contribution in [3.63, 3.8) is 0 Å². The average Bonchev–Trinajstić information content (AvgIpc) is 2.07. The van der Waals surface area contributed by atoms with Crippen LogP contribution in [0.4, 0.5) is 0 Å². The topological polar surface area (TPSA) is 12.5 Å². The highest BCUT2D eigenvalue weighted by Crippen LogP contribution is 2.07. The molecule has 0 amide bonds. The smallest absolute Gasteiger partial charge is 0.0593 e. The summed E-state index contributed by atoms with van der Waals surface area (Å²) >= 11 is 0. The Balaban J connectivity index is 1.96. The zero-order valence-electron chi connectivity index (χ0n) is 7.22. The number of piperidine rings is 1. The van der Waals surface area contributed by atoms with E-state index in [1.54, 1.807) is 0 Å². The minimum absolute atomic E-state index is 0.605. The van der Waals surface area contributed by atoms with E-state index in [2.05, 4.69) is 11.8 Å². The van der Waals surface area contributed by atoms with Crippen LogP contribution in [0.2, 0.25) is 0 Å². The van der Waals surface area contributed by atoms with Crippen molar-refractivity contribution in [2.24, 2.45) is 0 Å². The van der Waals surface area contributed by atoms with E-state index < -0.39 is 0 Å². The van der Waals surface area contributed by atoms with E-state index >= 15 is 0 Å². The normalized spacial score (nSPS) is 20.5. The Morgan fingerprint density at radius 1 is 1.18 bits per heavy atom. The Kier molecular flexibility index (Phi) is 4.55. The second kappa shape index (κ2) is 5.56. The zero-order chi connectivity index (χ0) is 7.94. The van der Waals surface area contributed by atoms with Crippen LogP contribution in [0.5, 0.6) is 0 Å². The van der Waals surface area contributed by atoms with Crippen LogP contribution in [0.15, 0.2) is 0 Å². The van der Waals surface area contributed by atoms with Crippen LogP contribution < -0.4 is 0 Å². The van der Waals surface area contributed by atoms with Crippen molar-refractivity contribution in [2.45, 2.75) is 19.3 Å². The number of ether oxygens (including phenoxy) is 1. The van der Waals surface area contributed by atoms with Crippen molar-refractivity contribution in [3.05, 3.63) is 6.92 Å². The molecule has 0 aliphatic carbocycles. The lowest BCUT2D eigenvalue weighted by molar-refractivity contribution is 0.114. The average molecular weight is 156 g/mol. The van der Waals surface area contributed by atoms with Crippen LogP contribution in [0.1, 0.15) is 19.3 Å². The van der Waals surface area contributed by atoms with Crippen molar-refractivity contribution >= 4 is 0 Å². The molecule has 1 fully saturated rings. The lowest BCUT2D eigenvalue weighted by atomic mass is 10.1. The summed E-state index contributed by atoms with van der Waals surface area (Å²) in [6.07, 6.45) is 4.14. The van der Waals surface area contributed by atoms with Gasteiger partial charge in [-0.25, -0.2) is 0 Å². The molecule has 0 bridgehead atoms. The van der Waals surface area contributed by atoms with Gasteiger partial charge in [0.1, 0.15) is 0 Å². The van der Waals surface area contributed by atoms with Gasteiger partial charge in [-0.15, -0.1) is 0 Å². The van der Waals surface area contributed by atoms with Gasteiger partial charge < -0.3 is 9.64 Å². The monoisotopic (exact) mass is 156 g/mol. The summed E-state index contributed by atoms with van der Waals surface area (Å²) < 4.78 is 5.18. The molecule has 1 heterocycles. The van der Waals surface area contributed by atoms with Gasteiger partial charge in [0.15, 0.2) is 0 Å². The summed E-state index contributed by atoms with van der Waals surface area (Å²) in [6.45, 7) is 8.70. The second-order valence-corrected chi connectivity index (χ2v) is 3.01. The Morgan fingerprint density at radius 3 is 2.55 bits per heavy atom. The molecule has 11 heavy (non-hydrogen) atoms. The maximum atomic E-state index is 5.18. The van der Waals surface area contributed by atoms with Gasteiger partial charge in [0.05, 0.1) is 6.61 Å². The first-order valence-electron chi connectivity index (χ1n) is 4.53. The lowest BCUT2D eigenvalue weighted by Crippen LogP contribution is -2.32. The fourth-order valence-corrected chi connectivity index (χ4v) is 1.48. The van der Waals surface area contributed by atoms with Gasteiger partial charge in [0.25, 0.3) is 0 Å². The molecule has 1 aliphatic rings. The van der Waals surface area contributed by atoms with Crippen molar-refractivity contribution < 1.29 is 4.74 Å². The third-order valence-corrected chi connectivity index (χ3v) is 2.14. The van der Waals surface area contributed by atoms with E-state index in [0.29, 0.717) is 6.61 Å². The quantitative estimate of drug-likeness (QED) is 0.569. The highest BCUT2D eigenvalue weighted by molar-refractivity contribution is 4.63. The van der Waals surface area contributed by atoms with E-state index in [4.69, 9.17) is 4.74 Å². The fourth-order valence-electron chi connectivity index (χ4n) is 1.48. The molecule has 0 aromatic heterocycles. The van der Waals surface area contributed by atoms with Crippen molar-refractivity contribution in [2.75, 3.05) is 32.8 Å². The second-order valence-electron chi connectivity index (χ2n) is 3.01. The maximum absolute atomic E-state index is 5.18. The van der Waals surface area contributed by atoms with E-state index in [-0.39, 0.29) is 0 Å². The predicted molar refractivity (Wildman–Crippen MR) is 46.5 cm³/mol. The van der Waals surface area contributed by atoms with Crippen molar-refractivity contribution in [3.8, 4) is 0 Å². The van der Waals surface area contributed by atoms with Gasteiger partial charge in [0, 0.05) is 13.2 Å². The summed E-state index contributed by atoms with van der Waals surface area (Å²) in [5.41, 5.74) is 0. The van der Waals surface area contributed by atoms with Crippen LogP contribution in [-0.2, 0) is 4.74 Å². The molecule has 0 aromatic rings. The Bertz CT molecular complexity index is 89.6. The third kappa shape index (κ3) is 3.73. The first-order chi connectivity index (χ1) is 5.43. The minimum atomic E-state index is 0.605. The van der Waals surface area contributed by atoms with E-state index in [1.807, 2.05) is 0 Å².